The molecule has 0 radical (unpaired) electrons. The average Bonchev–Trinajstić information content (AvgIpc) is 2.37. The quantitative estimate of drug-likeness (QED) is 0.814. The molecule has 2 heterocycles. The van der Waals surface area contributed by atoms with Crippen molar-refractivity contribution in [1.82, 2.24) is 15.3 Å². The summed E-state index contributed by atoms with van der Waals surface area (Å²) in [6.45, 7) is 2.97. The van der Waals surface area contributed by atoms with Crippen LogP contribution < -0.4 is 11.1 Å². The van der Waals surface area contributed by atoms with Crippen LogP contribution in [0.3, 0.4) is 0 Å². The predicted octanol–water partition coefficient (Wildman–Crippen LogP) is 0.490. The molecule has 3 N–H and O–H groups in total. The molecule has 2 atom stereocenters. The van der Waals surface area contributed by atoms with Crippen molar-refractivity contribution in [2.75, 3.05) is 12.3 Å². The summed E-state index contributed by atoms with van der Waals surface area (Å²) in [5, 5.41) is 2.83. The molecule has 98 valence electrons. The molecule has 1 amide bonds. The number of nitrogens with zero attached hydrogens (tertiary/aromatic N) is 2. The van der Waals surface area contributed by atoms with Gasteiger partial charge in [0.15, 0.2) is 0 Å². The Hall–Kier alpha value is -1.69. The number of nitrogens with one attached hydrogen (secondary N) is 1. The SMILES string of the molecule is C[C@@H]1OCCC[C@@H]1C(=O)NCc1nccc(N)n1. The first-order valence-corrected chi connectivity index (χ1v) is 6.13. The highest BCUT2D eigenvalue weighted by molar-refractivity contribution is 5.79. The zero-order valence-electron chi connectivity index (χ0n) is 10.4. The summed E-state index contributed by atoms with van der Waals surface area (Å²) in [6, 6.07) is 1.61. The fourth-order valence-corrected chi connectivity index (χ4v) is 2.06. The molecule has 1 aliphatic rings. The van der Waals surface area contributed by atoms with E-state index in [0.717, 1.165) is 19.4 Å². The van der Waals surface area contributed by atoms with Crippen LogP contribution in [0.5, 0.6) is 0 Å². The molecule has 2 rings (SSSR count). The molecule has 0 saturated carbocycles. The van der Waals surface area contributed by atoms with Crippen molar-refractivity contribution in [2.24, 2.45) is 5.92 Å². The summed E-state index contributed by atoms with van der Waals surface area (Å²) in [5.74, 6) is 0.837. The minimum Gasteiger partial charge on any atom is -0.384 e. The second-order valence-electron chi connectivity index (χ2n) is 4.44. The number of carbonyl (C=O) groups is 1. The number of rotatable bonds is 3. The molecule has 0 aromatic carbocycles. The molecular formula is C12H18N4O2. The molecule has 0 spiro atoms. The monoisotopic (exact) mass is 250 g/mol. The van der Waals surface area contributed by atoms with Gasteiger partial charge >= 0.3 is 0 Å². The van der Waals surface area contributed by atoms with Gasteiger partial charge in [-0.05, 0) is 25.8 Å². The summed E-state index contributed by atoms with van der Waals surface area (Å²) < 4.78 is 5.47. The zero-order valence-corrected chi connectivity index (χ0v) is 10.4. The van der Waals surface area contributed by atoms with E-state index in [-0.39, 0.29) is 17.9 Å². The topological polar surface area (TPSA) is 90.1 Å². The Bertz CT molecular complexity index is 424. The van der Waals surface area contributed by atoms with Crippen LogP contribution in [-0.2, 0) is 16.1 Å². The van der Waals surface area contributed by atoms with Crippen molar-refractivity contribution in [2.45, 2.75) is 32.4 Å². The van der Waals surface area contributed by atoms with Gasteiger partial charge in [-0.3, -0.25) is 4.79 Å². The molecule has 1 saturated heterocycles. The van der Waals surface area contributed by atoms with E-state index in [1.54, 1.807) is 12.3 Å². The van der Waals surface area contributed by atoms with Crippen LogP contribution >= 0.6 is 0 Å². The number of hydrogen-bond acceptors (Lipinski definition) is 5. The van der Waals surface area contributed by atoms with Gasteiger partial charge in [-0.1, -0.05) is 0 Å². The minimum absolute atomic E-state index is 0.00627. The van der Waals surface area contributed by atoms with E-state index >= 15 is 0 Å². The van der Waals surface area contributed by atoms with Crippen LogP contribution in [0, 0.1) is 5.92 Å². The second-order valence-corrected chi connectivity index (χ2v) is 4.44. The van der Waals surface area contributed by atoms with E-state index in [0.29, 0.717) is 18.2 Å². The normalized spacial score (nSPS) is 23.6. The van der Waals surface area contributed by atoms with Crippen LogP contribution in [-0.4, -0.2) is 28.6 Å². The highest BCUT2D eigenvalue weighted by Crippen LogP contribution is 2.20. The molecule has 6 heteroatoms. The first kappa shape index (κ1) is 12.8. The van der Waals surface area contributed by atoms with Crippen molar-refractivity contribution >= 4 is 11.7 Å². The Morgan fingerprint density at radius 2 is 2.50 bits per heavy atom. The van der Waals surface area contributed by atoms with Crippen molar-refractivity contribution in [3.8, 4) is 0 Å². The van der Waals surface area contributed by atoms with Crippen molar-refractivity contribution in [1.29, 1.82) is 0 Å². The number of amides is 1. The van der Waals surface area contributed by atoms with Gasteiger partial charge < -0.3 is 15.8 Å². The largest absolute Gasteiger partial charge is 0.384 e. The minimum atomic E-state index is -0.0835. The second kappa shape index (κ2) is 5.77. The van der Waals surface area contributed by atoms with Gasteiger partial charge in [0.2, 0.25) is 5.91 Å². The van der Waals surface area contributed by atoms with Crippen molar-refractivity contribution < 1.29 is 9.53 Å². The lowest BCUT2D eigenvalue weighted by Crippen LogP contribution is -2.40. The van der Waals surface area contributed by atoms with Gasteiger partial charge in [0.25, 0.3) is 0 Å². The lowest BCUT2D eigenvalue weighted by Gasteiger charge is -2.27. The third-order valence-electron chi connectivity index (χ3n) is 3.09. The lowest BCUT2D eigenvalue weighted by atomic mass is 9.94. The molecule has 0 bridgehead atoms. The van der Waals surface area contributed by atoms with Gasteiger partial charge in [-0.15, -0.1) is 0 Å². The van der Waals surface area contributed by atoms with Gasteiger partial charge in [0.1, 0.15) is 11.6 Å². The maximum Gasteiger partial charge on any atom is 0.226 e. The van der Waals surface area contributed by atoms with Crippen LogP contribution in [0.1, 0.15) is 25.6 Å². The molecule has 1 aromatic rings. The summed E-state index contributed by atoms with van der Waals surface area (Å²) in [4.78, 5) is 20.1. The van der Waals surface area contributed by atoms with E-state index in [1.165, 1.54) is 0 Å². The van der Waals surface area contributed by atoms with E-state index in [1.807, 2.05) is 6.92 Å². The number of ether oxygens (including phenoxy) is 1. The fraction of sp³-hybridized carbons (Fsp3) is 0.583. The molecular weight excluding hydrogens is 232 g/mol. The highest BCUT2D eigenvalue weighted by Gasteiger charge is 2.28. The summed E-state index contributed by atoms with van der Waals surface area (Å²) in [5.41, 5.74) is 5.55. The Labute approximate surface area is 106 Å². The lowest BCUT2D eigenvalue weighted by molar-refractivity contribution is -0.133. The van der Waals surface area contributed by atoms with Crippen LogP contribution in [0.4, 0.5) is 5.82 Å². The molecule has 1 fully saturated rings. The van der Waals surface area contributed by atoms with Crippen LogP contribution in [0.15, 0.2) is 12.3 Å². The average molecular weight is 250 g/mol. The zero-order chi connectivity index (χ0) is 13.0. The number of nitrogen functional groups attached to an aromatic ring is 1. The number of hydrogen-bond donors (Lipinski definition) is 2. The third-order valence-corrected chi connectivity index (χ3v) is 3.09. The molecule has 6 nitrogen and oxygen atoms in total. The molecule has 1 aliphatic heterocycles. The smallest absolute Gasteiger partial charge is 0.226 e. The van der Waals surface area contributed by atoms with Crippen LogP contribution in [0.25, 0.3) is 0 Å². The molecule has 1 aromatic heterocycles. The summed E-state index contributed by atoms with van der Waals surface area (Å²) >= 11 is 0. The van der Waals surface area contributed by atoms with E-state index in [9.17, 15) is 4.79 Å². The van der Waals surface area contributed by atoms with Crippen molar-refractivity contribution in [3.05, 3.63) is 18.1 Å². The number of carbonyl (C=O) groups excluding carboxylic acids is 1. The maximum absolute atomic E-state index is 12.0. The van der Waals surface area contributed by atoms with E-state index in [2.05, 4.69) is 15.3 Å². The van der Waals surface area contributed by atoms with Gasteiger partial charge in [-0.25, -0.2) is 9.97 Å². The summed E-state index contributed by atoms with van der Waals surface area (Å²) in [6.07, 6.45) is 3.35. The van der Waals surface area contributed by atoms with E-state index in [4.69, 9.17) is 10.5 Å². The molecule has 0 aliphatic carbocycles. The third kappa shape index (κ3) is 3.16. The Balaban J connectivity index is 1.88. The van der Waals surface area contributed by atoms with Crippen LogP contribution in [0.2, 0.25) is 0 Å². The Kier molecular flexibility index (Phi) is 4.09. The number of nitrogens with two attached hydrogens (primary N) is 1. The standard InChI is InChI=1S/C12H18N4O2/c1-8-9(3-2-6-18-8)12(17)15-7-11-14-5-4-10(13)16-11/h4-5,8-9H,2-3,6-7H2,1H3,(H,15,17)(H2,13,14,16)/t8-,9-/m0/s1. The maximum atomic E-state index is 12.0. The Morgan fingerprint density at radius 1 is 1.67 bits per heavy atom. The fourth-order valence-electron chi connectivity index (χ4n) is 2.06. The predicted molar refractivity (Wildman–Crippen MR) is 66.4 cm³/mol. The number of aromatic nitrogens is 2. The van der Waals surface area contributed by atoms with Gasteiger partial charge in [0, 0.05) is 12.8 Å². The first-order valence-electron chi connectivity index (χ1n) is 6.13. The molecule has 0 unspecified atom stereocenters. The van der Waals surface area contributed by atoms with E-state index < -0.39 is 0 Å². The first-order chi connectivity index (χ1) is 8.66. The number of anilines is 1. The molecule has 18 heavy (non-hydrogen) atoms. The summed E-state index contributed by atoms with van der Waals surface area (Å²) in [7, 11) is 0. The van der Waals surface area contributed by atoms with Gasteiger partial charge in [0.05, 0.1) is 18.6 Å². The van der Waals surface area contributed by atoms with Gasteiger partial charge in [-0.2, -0.15) is 0 Å². The highest BCUT2D eigenvalue weighted by atomic mass is 16.5. The van der Waals surface area contributed by atoms with Crippen molar-refractivity contribution in [3.63, 3.8) is 0 Å². The Morgan fingerprint density at radius 3 is 3.22 bits per heavy atom.